The van der Waals surface area contributed by atoms with E-state index in [4.69, 9.17) is 4.74 Å². The first kappa shape index (κ1) is 20.8. The molecule has 1 rings (SSSR count). The van der Waals surface area contributed by atoms with Crippen LogP contribution in [0.5, 0.6) is 5.75 Å². The van der Waals surface area contributed by atoms with Crippen LogP contribution in [0.25, 0.3) is 0 Å². The van der Waals surface area contributed by atoms with E-state index in [0.29, 0.717) is 5.75 Å². The molecule has 1 aromatic carbocycles. The van der Waals surface area contributed by atoms with E-state index >= 15 is 0 Å². The summed E-state index contributed by atoms with van der Waals surface area (Å²) in [6.45, 7) is 5.81. The van der Waals surface area contributed by atoms with Crippen LogP contribution in [0.2, 0.25) is 0 Å². The van der Waals surface area contributed by atoms with Crippen LogP contribution in [0, 0.1) is 6.92 Å². The van der Waals surface area contributed by atoms with Crippen molar-refractivity contribution in [1.82, 2.24) is 0 Å². The third kappa shape index (κ3) is 6.16. The maximum Gasteiger partial charge on any atom is 1.00 e. The minimum Gasteiger partial charge on any atom is -0.545 e. The zero-order valence-electron chi connectivity index (χ0n) is 9.96. The molecule has 0 unspecified atom stereocenters. The van der Waals surface area contributed by atoms with Crippen molar-refractivity contribution < 1.29 is 44.2 Å². The van der Waals surface area contributed by atoms with Gasteiger partial charge in [-0.05, 0) is 19.1 Å². The van der Waals surface area contributed by atoms with Gasteiger partial charge in [0.2, 0.25) is 0 Å². The molecule has 1 aromatic rings. The molecule has 0 saturated carbocycles. The fraction of sp³-hybridized carbons (Fsp3) is 0.417. The number of aryl methyl sites for hydroxylation is 1. The van der Waals surface area contributed by atoms with E-state index in [1.807, 2.05) is 20.8 Å². The van der Waals surface area contributed by atoms with Crippen LogP contribution in [0.3, 0.4) is 0 Å². The number of hydrogen-bond acceptors (Lipinski definition) is 3. The van der Waals surface area contributed by atoms with Gasteiger partial charge in [-0.1, -0.05) is 32.9 Å². The molecule has 0 bridgehead atoms. The summed E-state index contributed by atoms with van der Waals surface area (Å²) < 4.78 is 4.84. The summed E-state index contributed by atoms with van der Waals surface area (Å²) in [4.78, 5) is 10.5. The Hall–Kier alpha value is -0.510. The van der Waals surface area contributed by atoms with Crippen molar-refractivity contribution in [2.75, 3.05) is 7.11 Å². The summed E-state index contributed by atoms with van der Waals surface area (Å²) in [5.74, 6) is -0.879. The molecule has 0 heterocycles. The summed E-state index contributed by atoms with van der Waals surface area (Å²) in [7, 11) is 1.43. The number of carboxylic acid groups (broad SMARTS) is 1. The second kappa shape index (κ2) is 11.0. The molecule has 0 radical (unpaired) electrons. The Bertz CT molecular complexity index is 311. The number of ether oxygens (including phenoxy) is 1. The third-order valence-corrected chi connectivity index (χ3v) is 1.57. The fourth-order valence-electron chi connectivity index (χ4n) is 0.981. The topological polar surface area (TPSA) is 49.4 Å². The van der Waals surface area contributed by atoms with Crippen LogP contribution in [0.4, 0.5) is 0 Å². The molecule has 0 amide bonds. The van der Waals surface area contributed by atoms with Crippen molar-refractivity contribution in [2.45, 2.75) is 28.2 Å². The summed E-state index contributed by atoms with van der Waals surface area (Å²) >= 11 is 0. The van der Waals surface area contributed by atoms with Gasteiger partial charge in [-0.15, -0.1) is 0 Å². The third-order valence-electron chi connectivity index (χ3n) is 1.57. The van der Waals surface area contributed by atoms with E-state index < -0.39 is 5.97 Å². The van der Waals surface area contributed by atoms with E-state index in [2.05, 4.69) is 0 Å². The van der Waals surface area contributed by atoms with Crippen molar-refractivity contribution in [1.29, 1.82) is 0 Å². The van der Waals surface area contributed by atoms with Gasteiger partial charge < -0.3 is 14.6 Å². The van der Waals surface area contributed by atoms with Gasteiger partial charge in [-0.2, -0.15) is 0 Å². The molecule has 0 spiro atoms. The molecular weight excluding hydrogens is 215 g/mol. The van der Waals surface area contributed by atoms with Gasteiger partial charge in [0.05, 0.1) is 13.1 Å². The second-order valence-electron chi connectivity index (χ2n) is 2.49. The molecule has 0 aliphatic rings. The molecule has 3 nitrogen and oxygen atoms in total. The number of rotatable bonds is 2. The zero-order chi connectivity index (χ0) is 11.1. The number of carbonyl (C=O) groups is 1. The average Bonchev–Trinajstić information content (AvgIpc) is 2.20. The minimum absolute atomic E-state index is 0. The van der Waals surface area contributed by atoms with E-state index in [1.54, 1.807) is 12.1 Å². The normalized spacial score (nSPS) is 7.50. The van der Waals surface area contributed by atoms with Crippen molar-refractivity contribution in [3.8, 4) is 5.75 Å². The van der Waals surface area contributed by atoms with E-state index in [9.17, 15) is 9.90 Å². The van der Waals surface area contributed by atoms with Crippen LogP contribution in [-0.4, -0.2) is 13.1 Å². The molecule has 0 fully saturated rings. The molecular formula is C12H19NaO3. The first-order valence-electron chi connectivity index (χ1n) is 4.51. The molecule has 16 heavy (non-hydrogen) atoms. The molecule has 0 N–H and O–H groups in total. The Morgan fingerprint density at radius 2 is 1.81 bits per heavy atom. The van der Waals surface area contributed by atoms with Gasteiger partial charge in [0.1, 0.15) is 5.75 Å². The standard InChI is InChI=1S/C9H10O3.C2H6.CH4.Na/c1-6-3-4-8(12-2)7(5-6)9(10)11;1-2;;/h3-5H,1-2H3,(H,10,11);1-2H3;1H4;/q;;;+1/p-1. The quantitative estimate of drug-likeness (QED) is 0.619. The maximum atomic E-state index is 10.5. The van der Waals surface area contributed by atoms with E-state index in [-0.39, 0.29) is 42.5 Å². The van der Waals surface area contributed by atoms with Gasteiger partial charge in [0.15, 0.2) is 0 Å². The summed E-state index contributed by atoms with van der Waals surface area (Å²) in [5.41, 5.74) is 0.965. The summed E-state index contributed by atoms with van der Waals surface area (Å²) in [5, 5.41) is 10.5. The fourth-order valence-corrected chi connectivity index (χ4v) is 0.981. The Labute approximate surface area is 120 Å². The van der Waals surface area contributed by atoms with Gasteiger partial charge in [-0.25, -0.2) is 0 Å². The largest absolute Gasteiger partial charge is 1.00 e. The predicted octanol–water partition coefficient (Wildman–Crippen LogP) is -0.967. The molecule has 0 saturated heterocycles. The number of carbonyl (C=O) groups excluding carboxylic acids is 1. The minimum atomic E-state index is -1.21. The average molecular weight is 234 g/mol. The summed E-state index contributed by atoms with van der Waals surface area (Å²) in [6, 6.07) is 4.92. The van der Waals surface area contributed by atoms with Crippen LogP contribution in [0.15, 0.2) is 18.2 Å². The van der Waals surface area contributed by atoms with Crippen molar-refractivity contribution in [3.63, 3.8) is 0 Å². The molecule has 4 heteroatoms. The van der Waals surface area contributed by atoms with Crippen LogP contribution in [-0.2, 0) is 0 Å². The summed E-state index contributed by atoms with van der Waals surface area (Å²) in [6.07, 6.45) is 0. The van der Waals surface area contributed by atoms with Gasteiger partial charge in [-0.3, -0.25) is 0 Å². The Morgan fingerprint density at radius 3 is 2.19 bits per heavy atom. The van der Waals surface area contributed by atoms with Gasteiger partial charge in [0.25, 0.3) is 0 Å². The molecule has 0 aliphatic carbocycles. The molecule has 0 atom stereocenters. The predicted molar refractivity (Wildman–Crippen MR) is 60.1 cm³/mol. The van der Waals surface area contributed by atoms with Crippen LogP contribution < -0.4 is 39.4 Å². The Kier molecular flexibility index (Phi) is 14.3. The zero-order valence-corrected chi connectivity index (χ0v) is 12.0. The second-order valence-corrected chi connectivity index (χ2v) is 2.49. The Morgan fingerprint density at radius 1 is 1.31 bits per heavy atom. The van der Waals surface area contributed by atoms with E-state index in [0.717, 1.165) is 5.56 Å². The first-order valence-corrected chi connectivity index (χ1v) is 4.51. The smallest absolute Gasteiger partial charge is 0.545 e. The molecule has 0 aromatic heterocycles. The molecule has 0 aliphatic heterocycles. The number of benzene rings is 1. The monoisotopic (exact) mass is 234 g/mol. The van der Waals surface area contributed by atoms with Gasteiger partial charge in [0, 0.05) is 5.56 Å². The number of aromatic carboxylic acids is 1. The SMILES string of the molecule is C.CC.COc1ccc(C)cc1C(=O)[O-].[Na+]. The van der Waals surface area contributed by atoms with Gasteiger partial charge >= 0.3 is 29.6 Å². The first-order chi connectivity index (χ1) is 6.65. The number of carboxylic acids is 1. The molecule has 86 valence electrons. The van der Waals surface area contributed by atoms with Crippen LogP contribution >= 0.6 is 0 Å². The van der Waals surface area contributed by atoms with E-state index in [1.165, 1.54) is 13.2 Å². The van der Waals surface area contributed by atoms with Crippen molar-refractivity contribution in [2.24, 2.45) is 0 Å². The Balaban J connectivity index is -0.000000399. The maximum absolute atomic E-state index is 10.5. The van der Waals surface area contributed by atoms with Crippen LogP contribution in [0.1, 0.15) is 37.2 Å². The number of hydrogen-bond donors (Lipinski definition) is 0. The number of methoxy groups -OCH3 is 1. The van der Waals surface area contributed by atoms with Crippen molar-refractivity contribution in [3.05, 3.63) is 29.3 Å². The van der Waals surface area contributed by atoms with Crippen molar-refractivity contribution >= 4 is 5.97 Å².